The molecule has 0 saturated carbocycles. The second kappa shape index (κ2) is 6.95. The first-order valence-corrected chi connectivity index (χ1v) is 8.51. The first kappa shape index (κ1) is 16.3. The molecule has 1 amide bonds. The Bertz CT molecular complexity index is 909. The molecule has 3 aromatic rings. The molecule has 1 aliphatic heterocycles. The number of amides is 1. The van der Waals surface area contributed by atoms with Gasteiger partial charge in [0, 0.05) is 56.4 Å². The lowest BCUT2D eigenvalue weighted by atomic mass is 10.2. The zero-order chi connectivity index (χ0) is 17.9. The highest BCUT2D eigenvalue weighted by Crippen LogP contribution is 2.25. The van der Waals surface area contributed by atoms with E-state index in [0.29, 0.717) is 37.6 Å². The quantitative estimate of drug-likeness (QED) is 0.723. The number of carbonyl (C=O) groups excluding carboxylic acids is 1. The normalized spacial score (nSPS) is 14.0. The van der Waals surface area contributed by atoms with Gasteiger partial charge in [0.25, 0.3) is 5.91 Å². The van der Waals surface area contributed by atoms with Crippen LogP contribution < -0.4 is 4.90 Å². The molecule has 0 radical (unpaired) electrons. The number of hydrogen-bond donors (Lipinski definition) is 0. The van der Waals surface area contributed by atoms with E-state index in [0.717, 1.165) is 16.9 Å². The lowest BCUT2D eigenvalue weighted by molar-refractivity contribution is 0.0741. The molecular formula is C19H19N5O2. The summed E-state index contributed by atoms with van der Waals surface area (Å²) in [5, 5.41) is 3.86. The third-order valence-corrected chi connectivity index (χ3v) is 4.40. The van der Waals surface area contributed by atoms with Crippen molar-refractivity contribution in [2.45, 2.75) is 20.0 Å². The monoisotopic (exact) mass is 349 g/mol. The molecular weight excluding hydrogens is 330 g/mol. The molecule has 0 atom stereocenters. The Kier molecular flexibility index (Phi) is 4.35. The largest absolute Gasteiger partial charge is 0.361 e. The van der Waals surface area contributed by atoms with Gasteiger partial charge in [0.2, 0.25) is 0 Å². The molecule has 7 heteroatoms. The Labute approximate surface area is 151 Å². The summed E-state index contributed by atoms with van der Waals surface area (Å²) in [6.07, 6.45) is 5.40. The molecule has 7 nitrogen and oxygen atoms in total. The van der Waals surface area contributed by atoms with Crippen LogP contribution in [0.3, 0.4) is 0 Å². The molecule has 4 heterocycles. The number of rotatable bonds is 3. The second-order valence-corrected chi connectivity index (χ2v) is 6.32. The summed E-state index contributed by atoms with van der Waals surface area (Å²) in [6, 6.07) is 9.55. The van der Waals surface area contributed by atoms with E-state index in [9.17, 15) is 4.79 Å². The lowest BCUT2D eigenvalue weighted by Crippen LogP contribution is -2.35. The van der Waals surface area contributed by atoms with Crippen LogP contribution in [-0.4, -0.2) is 39.0 Å². The van der Waals surface area contributed by atoms with Gasteiger partial charge in [0.05, 0.1) is 0 Å². The van der Waals surface area contributed by atoms with Crippen molar-refractivity contribution in [1.29, 1.82) is 0 Å². The Morgan fingerprint density at radius 2 is 2.12 bits per heavy atom. The molecule has 3 aromatic heterocycles. The standard InChI is InChI=1S/C19H19N5O2/c1-14-10-17(22-26-14)19(25)24-9-8-23(12-15-4-2-6-20-11-15)18-16(13-24)5-3-7-21-18/h2-7,10-11H,8-9,12-13H2,1H3. The van der Waals surface area contributed by atoms with Crippen LogP contribution in [0.1, 0.15) is 27.4 Å². The van der Waals surface area contributed by atoms with E-state index >= 15 is 0 Å². The zero-order valence-electron chi connectivity index (χ0n) is 14.5. The van der Waals surface area contributed by atoms with Crippen LogP contribution >= 0.6 is 0 Å². The van der Waals surface area contributed by atoms with Gasteiger partial charge in [-0.15, -0.1) is 0 Å². The van der Waals surface area contributed by atoms with Crippen LogP contribution in [0, 0.1) is 6.92 Å². The van der Waals surface area contributed by atoms with Gasteiger partial charge in [0.15, 0.2) is 5.69 Å². The molecule has 26 heavy (non-hydrogen) atoms. The molecule has 0 unspecified atom stereocenters. The fraction of sp³-hybridized carbons (Fsp3) is 0.263. The van der Waals surface area contributed by atoms with E-state index in [1.165, 1.54) is 0 Å². The van der Waals surface area contributed by atoms with Crippen molar-refractivity contribution in [3.63, 3.8) is 0 Å². The van der Waals surface area contributed by atoms with Crippen molar-refractivity contribution in [1.82, 2.24) is 20.0 Å². The predicted molar refractivity (Wildman–Crippen MR) is 95.5 cm³/mol. The number of anilines is 1. The Hall–Kier alpha value is -3.22. The summed E-state index contributed by atoms with van der Waals surface area (Å²) < 4.78 is 5.05. The fourth-order valence-corrected chi connectivity index (χ4v) is 3.14. The Morgan fingerprint density at radius 3 is 2.88 bits per heavy atom. The fourth-order valence-electron chi connectivity index (χ4n) is 3.14. The van der Waals surface area contributed by atoms with Crippen molar-refractivity contribution in [2.24, 2.45) is 0 Å². The van der Waals surface area contributed by atoms with Gasteiger partial charge < -0.3 is 14.3 Å². The van der Waals surface area contributed by atoms with E-state index in [1.807, 2.05) is 30.5 Å². The first-order chi connectivity index (χ1) is 12.7. The SMILES string of the molecule is Cc1cc(C(=O)N2CCN(Cc3cccnc3)c3ncccc3C2)no1. The Balaban J connectivity index is 1.60. The van der Waals surface area contributed by atoms with Crippen molar-refractivity contribution in [2.75, 3.05) is 18.0 Å². The van der Waals surface area contributed by atoms with Gasteiger partial charge in [-0.25, -0.2) is 4.98 Å². The van der Waals surface area contributed by atoms with Crippen LogP contribution in [0.25, 0.3) is 0 Å². The minimum atomic E-state index is -0.125. The Morgan fingerprint density at radius 1 is 1.23 bits per heavy atom. The maximum absolute atomic E-state index is 12.8. The highest BCUT2D eigenvalue weighted by molar-refractivity contribution is 5.92. The van der Waals surface area contributed by atoms with Crippen molar-refractivity contribution >= 4 is 11.7 Å². The molecule has 132 valence electrons. The zero-order valence-corrected chi connectivity index (χ0v) is 14.5. The van der Waals surface area contributed by atoms with Crippen molar-refractivity contribution in [3.8, 4) is 0 Å². The molecule has 4 rings (SSSR count). The summed E-state index contributed by atoms with van der Waals surface area (Å²) in [7, 11) is 0. The summed E-state index contributed by atoms with van der Waals surface area (Å²) in [5.41, 5.74) is 2.46. The summed E-state index contributed by atoms with van der Waals surface area (Å²) in [6.45, 7) is 4.24. The number of aromatic nitrogens is 3. The third-order valence-electron chi connectivity index (χ3n) is 4.40. The van der Waals surface area contributed by atoms with Gasteiger partial charge in [-0.2, -0.15) is 0 Å². The first-order valence-electron chi connectivity index (χ1n) is 8.51. The van der Waals surface area contributed by atoms with Gasteiger partial charge in [-0.3, -0.25) is 9.78 Å². The maximum Gasteiger partial charge on any atom is 0.276 e. The van der Waals surface area contributed by atoms with Gasteiger partial charge >= 0.3 is 0 Å². The number of fused-ring (bicyclic) bond motifs is 1. The van der Waals surface area contributed by atoms with Crippen LogP contribution in [-0.2, 0) is 13.1 Å². The predicted octanol–water partition coefficient (Wildman–Crippen LogP) is 2.44. The second-order valence-electron chi connectivity index (χ2n) is 6.32. The average molecular weight is 349 g/mol. The molecule has 1 aliphatic rings. The molecule has 0 aromatic carbocycles. The molecule has 0 N–H and O–H groups in total. The minimum absolute atomic E-state index is 0.125. The molecule has 0 saturated heterocycles. The van der Waals surface area contributed by atoms with Crippen molar-refractivity contribution < 1.29 is 9.32 Å². The maximum atomic E-state index is 12.8. The highest BCUT2D eigenvalue weighted by atomic mass is 16.5. The molecule has 0 aliphatic carbocycles. The van der Waals surface area contributed by atoms with Crippen LogP contribution in [0.4, 0.5) is 5.82 Å². The number of hydrogen-bond acceptors (Lipinski definition) is 6. The molecule has 0 bridgehead atoms. The van der Waals surface area contributed by atoms with Gasteiger partial charge in [-0.1, -0.05) is 17.3 Å². The summed E-state index contributed by atoms with van der Waals surface area (Å²) in [5.74, 6) is 1.41. The molecule has 0 fully saturated rings. The van der Waals surface area contributed by atoms with Crippen molar-refractivity contribution in [3.05, 3.63) is 71.5 Å². The number of aryl methyl sites for hydroxylation is 1. The van der Waals surface area contributed by atoms with E-state index in [2.05, 4.69) is 20.0 Å². The van der Waals surface area contributed by atoms with Crippen LogP contribution in [0.2, 0.25) is 0 Å². The van der Waals surface area contributed by atoms with E-state index in [1.54, 1.807) is 30.3 Å². The van der Waals surface area contributed by atoms with Crippen LogP contribution in [0.5, 0.6) is 0 Å². The third kappa shape index (κ3) is 3.28. The van der Waals surface area contributed by atoms with Crippen LogP contribution in [0.15, 0.2) is 53.4 Å². The minimum Gasteiger partial charge on any atom is -0.361 e. The number of pyridine rings is 2. The summed E-state index contributed by atoms with van der Waals surface area (Å²) >= 11 is 0. The van der Waals surface area contributed by atoms with Gasteiger partial charge in [-0.05, 0) is 24.6 Å². The highest BCUT2D eigenvalue weighted by Gasteiger charge is 2.26. The summed E-state index contributed by atoms with van der Waals surface area (Å²) in [4.78, 5) is 25.5. The lowest BCUT2D eigenvalue weighted by Gasteiger charge is -2.23. The number of carbonyl (C=O) groups is 1. The molecule has 0 spiro atoms. The van der Waals surface area contributed by atoms with Gasteiger partial charge in [0.1, 0.15) is 11.6 Å². The van der Waals surface area contributed by atoms with E-state index in [4.69, 9.17) is 4.52 Å². The smallest absolute Gasteiger partial charge is 0.276 e. The average Bonchev–Trinajstić information content (AvgIpc) is 3.02. The van der Waals surface area contributed by atoms with E-state index in [-0.39, 0.29) is 5.91 Å². The topological polar surface area (TPSA) is 75.4 Å². The number of nitrogens with zero attached hydrogens (tertiary/aromatic N) is 5. The van der Waals surface area contributed by atoms with E-state index < -0.39 is 0 Å².